The molecule has 10 heteroatoms. The Morgan fingerprint density at radius 3 is 2.43 bits per heavy atom. The monoisotopic (exact) mass is 424 g/mol. The quantitative estimate of drug-likeness (QED) is 0.245. The Morgan fingerprint density at radius 2 is 1.80 bits per heavy atom. The van der Waals surface area contributed by atoms with Gasteiger partial charge in [0.1, 0.15) is 37.1 Å². The molecule has 1 fully saturated rings. The molecule has 0 radical (unpaired) electrons. The third-order valence-corrected chi connectivity index (χ3v) is 4.33. The predicted octanol–water partition coefficient (Wildman–Crippen LogP) is -1.50. The second-order valence-corrected chi connectivity index (χ2v) is 6.52. The van der Waals surface area contributed by atoms with Gasteiger partial charge in [-0.3, -0.25) is 0 Å². The second kappa shape index (κ2) is 11.0. The largest absolute Gasteiger partial charge is 0.459 e. The van der Waals surface area contributed by atoms with Crippen molar-refractivity contribution in [3.63, 3.8) is 0 Å². The minimum Gasteiger partial charge on any atom is -0.459 e. The molecule has 0 unspecified atom stereocenters. The first-order valence-corrected chi connectivity index (χ1v) is 9.02. The molecule has 1 aromatic rings. The smallest absolute Gasteiger partial charge is 0.336 e. The van der Waals surface area contributed by atoms with Gasteiger partial charge in [-0.15, -0.1) is 0 Å². The fourth-order valence-corrected chi connectivity index (χ4v) is 2.53. The third kappa shape index (κ3) is 6.20. The highest BCUT2D eigenvalue weighted by Crippen LogP contribution is 2.23. The van der Waals surface area contributed by atoms with Crippen molar-refractivity contribution >= 4 is 18.0 Å². The highest BCUT2D eigenvalue weighted by Gasteiger charge is 2.46. The van der Waals surface area contributed by atoms with Gasteiger partial charge in [0.25, 0.3) is 0 Å². The third-order valence-electron chi connectivity index (χ3n) is 4.33. The molecule has 30 heavy (non-hydrogen) atoms. The Kier molecular flexibility index (Phi) is 8.66. The maximum atomic E-state index is 12.0. The number of ether oxygens (including phenoxy) is 3. The van der Waals surface area contributed by atoms with Gasteiger partial charge in [0.05, 0.1) is 12.2 Å². The van der Waals surface area contributed by atoms with Crippen molar-refractivity contribution in [3.05, 3.63) is 54.1 Å². The van der Waals surface area contributed by atoms with E-state index < -0.39 is 67.5 Å². The van der Waals surface area contributed by atoms with Crippen LogP contribution in [-0.2, 0) is 23.8 Å². The van der Waals surface area contributed by atoms with Crippen LogP contribution in [0.25, 0.3) is 6.08 Å². The van der Waals surface area contributed by atoms with Crippen LogP contribution in [0, 0.1) is 0 Å². The molecule has 1 heterocycles. The fraction of sp³-hybridized carbons (Fsp3) is 0.400. The minimum atomic E-state index is -1.75. The molecule has 1 aliphatic rings. The lowest BCUT2D eigenvalue weighted by Crippen LogP contribution is -2.59. The van der Waals surface area contributed by atoms with E-state index in [1.54, 1.807) is 30.3 Å². The van der Waals surface area contributed by atoms with E-state index in [0.717, 1.165) is 11.6 Å². The Bertz CT molecular complexity index is 762. The summed E-state index contributed by atoms with van der Waals surface area (Å²) in [4.78, 5) is 23.8. The molecule has 1 saturated heterocycles. The lowest BCUT2D eigenvalue weighted by molar-refractivity contribution is -0.291. The summed E-state index contributed by atoms with van der Waals surface area (Å²) in [5.74, 6) is -1.94. The highest BCUT2D eigenvalue weighted by molar-refractivity contribution is 5.88. The number of carbonyl (C=O) groups is 2. The second-order valence-electron chi connectivity index (χ2n) is 6.52. The molecule has 0 saturated carbocycles. The molecule has 0 amide bonds. The number of aliphatic hydroxyl groups is 5. The van der Waals surface area contributed by atoms with Crippen molar-refractivity contribution in [2.75, 3.05) is 13.2 Å². The molecule has 164 valence electrons. The molecule has 5 N–H and O–H groups in total. The number of rotatable bonds is 8. The molecule has 10 nitrogen and oxygen atoms in total. The van der Waals surface area contributed by atoms with Gasteiger partial charge >= 0.3 is 11.9 Å². The molecule has 1 aromatic carbocycles. The number of hydrogen-bond acceptors (Lipinski definition) is 10. The van der Waals surface area contributed by atoms with Crippen molar-refractivity contribution in [1.82, 2.24) is 0 Å². The lowest BCUT2D eigenvalue weighted by atomic mass is 9.99. The first-order chi connectivity index (χ1) is 14.2. The summed E-state index contributed by atoms with van der Waals surface area (Å²) in [7, 11) is 0. The topological polar surface area (TPSA) is 163 Å². The van der Waals surface area contributed by atoms with Gasteiger partial charge in [-0.05, 0) is 11.6 Å². The molecule has 0 bridgehead atoms. The molecular weight excluding hydrogens is 400 g/mol. The van der Waals surface area contributed by atoms with Crippen LogP contribution in [0.2, 0.25) is 0 Å². The zero-order chi connectivity index (χ0) is 22.3. The standard InChI is InChI=1S/C20H24O10/c1-11(13(22)9-21)19(27)28-10-14-16(24)17(25)18(26)20(29-14)30-15(23)8-7-12-5-3-2-4-6-12/h2-8,13-14,16-18,20-22,24-26H,1,9-10H2/b8-7+/t13-,14-,16-,17+,18-,20+/m1/s1. The van der Waals surface area contributed by atoms with E-state index in [2.05, 4.69) is 6.58 Å². The SMILES string of the molecule is C=C(C(=O)OC[C@H]1O[C@@H](OC(=O)/C=C/c2ccccc2)[C@H](O)[C@@H](O)[C@@H]1O)[C@H](O)CO. The summed E-state index contributed by atoms with van der Waals surface area (Å²) in [6.07, 6.45) is -7.07. The number of aliphatic hydroxyl groups excluding tert-OH is 5. The van der Waals surface area contributed by atoms with Crippen LogP contribution in [0.15, 0.2) is 48.6 Å². The zero-order valence-corrected chi connectivity index (χ0v) is 15.9. The minimum absolute atomic E-state index is 0.419. The average Bonchev–Trinajstić information content (AvgIpc) is 2.76. The van der Waals surface area contributed by atoms with Crippen molar-refractivity contribution in [1.29, 1.82) is 0 Å². The zero-order valence-electron chi connectivity index (χ0n) is 15.9. The van der Waals surface area contributed by atoms with Crippen LogP contribution in [0.4, 0.5) is 0 Å². The molecule has 0 aliphatic carbocycles. The van der Waals surface area contributed by atoms with Crippen LogP contribution >= 0.6 is 0 Å². The molecule has 2 rings (SSSR count). The Hall–Kier alpha value is -2.60. The maximum Gasteiger partial charge on any atom is 0.336 e. The van der Waals surface area contributed by atoms with Crippen molar-refractivity contribution in [2.24, 2.45) is 0 Å². The van der Waals surface area contributed by atoms with Gasteiger partial charge in [-0.2, -0.15) is 0 Å². The van der Waals surface area contributed by atoms with Crippen LogP contribution in [0.5, 0.6) is 0 Å². The van der Waals surface area contributed by atoms with Gasteiger partial charge in [0.2, 0.25) is 6.29 Å². The maximum absolute atomic E-state index is 12.0. The molecule has 0 spiro atoms. The Balaban J connectivity index is 1.96. The molecular formula is C20H24O10. The van der Waals surface area contributed by atoms with Gasteiger partial charge in [0, 0.05) is 6.08 Å². The van der Waals surface area contributed by atoms with E-state index in [1.165, 1.54) is 6.08 Å². The number of hydrogen-bond donors (Lipinski definition) is 5. The van der Waals surface area contributed by atoms with Gasteiger partial charge in [-0.25, -0.2) is 9.59 Å². The van der Waals surface area contributed by atoms with Crippen molar-refractivity contribution in [2.45, 2.75) is 36.8 Å². The molecule has 1 aliphatic heterocycles. The first-order valence-electron chi connectivity index (χ1n) is 9.02. The van der Waals surface area contributed by atoms with E-state index in [0.29, 0.717) is 0 Å². The summed E-state index contributed by atoms with van der Waals surface area (Å²) >= 11 is 0. The van der Waals surface area contributed by atoms with Gasteiger partial charge < -0.3 is 39.7 Å². The predicted molar refractivity (Wildman–Crippen MR) is 101 cm³/mol. The fourth-order valence-electron chi connectivity index (χ4n) is 2.53. The number of esters is 2. The van der Waals surface area contributed by atoms with E-state index in [-0.39, 0.29) is 0 Å². The van der Waals surface area contributed by atoms with E-state index in [9.17, 15) is 30.0 Å². The van der Waals surface area contributed by atoms with Crippen LogP contribution in [0.3, 0.4) is 0 Å². The lowest BCUT2D eigenvalue weighted by Gasteiger charge is -2.39. The van der Waals surface area contributed by atoms with Crippen LogP contribution in [0.1, 0.15) is 5.56 Å². The van der Waals surface area contributed by atoms with E-state index in [1.807, 2.05) is 0 Å². The van der Waals surface area contributed by atoms with Crippen LogP contribution < -0.4 is 0 Å². The number of carbonyl (C=O) groups excluding carboxylic acids is 2. The Morgan fingerprint density at radius 1 is 1.13 bits per heavy atom. The molecule has 6 atom stereocenters. The first kappa shape index (κ1) is 23.7. The summed E-state index contributed by atoms with van der Waals surface area (Å²) in [5, 5.41) is 48.2. The Labute approximate surface area is 172 Å². The summed E-state index contributed by atoms with van der Waals surface area (Å²) in [6.45, 7) is 1.94. The van der Waals surface area contributed by atoms with Crippen molar-refractivity contribution in [3.8, 4) is 0 Å². The summed E-state index contributed by atoms with van der Waals surface area (Å²) < 4.78 is 15.1. The highest BCUT2D eigenvalue weighted by atomic mass is 16.7. The van der Waals surface area contributed by atoms with Gasteiger partial charge in [-0.1, -0.05) is 36.9 Å². The van der Waals surface area contributed by atoms with Crippen LogP contribution in [-0.4, -0.2) is 87.5 Å². The van der Waals surface area contributed by atoms with Gasteiger partial charge in [0.15, 0.2) is 0 Å². The normalized spacial score (nSPS) is 27.4. The summed E-state index contributed by atoms with van der Waals surface area (Å²) in [5.41, 5.74) is 0.308. The average molecular weight is 424 g/mol. The molecule has 0 aromatic heterocycles. The summed E-state index contributed by atoms with van der Waals surface area (Å²) in [6, 6.07) is 8.86. The van der Waals surface area contributed by atoms with E-state index in [4.69, 9.17) is 19.3 Å². The number of benzene rings is 1. The van der Waals surface area contributed by atoms with Crippen molar-refractivity contribution < 1.29 is 49.3 Å². The van der Waals surface area contributed by atoms with E-state index >= 15 is 0 Å².